The second-order valence-corrected chi connectivity index (χ2v) is 5.96. The van der Waals surface area contributed by atoms with Gasteiger partial charge in [-0.3, -0.25) is 4.79 Å². The molecule has 0 saturated carbocycles. The maximum atomic E-state index is 11.9. The summed E-state index contributed by atoms with van der Waals surface area (Å²) in [5.41, 5.74) is 7.88. The zero-order chi connectivity index (χ0) is 17.5. The maximum absolute atomic E-state index is 11.9. The lowest BCUT2D eigenvalue weighted by molar-refractivity contribution is -0.136. The van der Waals surface area contributed by atoms with Gasteiger partial charge < -0.3 is 15.1 Å². The van der Waals surface area contributed by atoms with E-state index in [1.54, 1.807) is 0 Å². The van der Waals surface area contributed by atoms with Crippen LogP contribution in [-0.4, -0.2) is 18.9 Å². The second kappa shape index (κ2) is 8.55. The Morgan fingerprint density at radius 2 is 1.62 bits per heavy atom. The number of carbonyl (C=O) groups is 1. The first-order valence-electron chi connectivity index (χ1n) is 8.30. The Bertz CT molecular complexity index is 655. The Morgan fingerprint density at radius 3 is 2.17 bits per heavy atom. The molecule has 24 heavy (non-hydrogen) atoms. The first-order chi connectivity index (χ1) is 11.5. The van der Waals surface area contributed by atoms with E-state index in [0.29, 0.717) is 6.42 Å². The number of ether oxygens (including phenoxy) is 1. The molecule has 1 unspecified atom stereocenters. The minimum absolute atomic E-state index is 0.339. The van der Waals surface area contributed by atoms with Crippen LogP contribution in [0.4, 0.5) is 0 Å². The quantitative estimate of drug-likeness (QED) is 0.794. The van der Waals surface area contributed by atoms with Crippen molar-refractivity contribution in [2.24, 2.45) is 5.73 Å². The van der Waals surface area contributed by atoms with Gasteiger partial charge in [-0.05, 0) is 49.9 Å². The van der Waals surface area contributed by atoms with Crippen LogP contribution in [0.5, 0.6) is 11.5 Å². The number of aryl methyl sites for hydroxylation is 1. The van der Waals surface area contributed by atoms with Crippen molar-refractivity contribution >= 4 is 18.3 Å². The van der Waals surface area contributed by atoms with Crippen molar-refractivity contribution in [3.05, 3.63) is 54.1 Å². The summed E-state index contributed by atoms with van der Waals surface area (Å²) in [4.78, 5) is 11.9. The molecule has 0 radical (unpaired) electrons. The van der Waals surface area contributed by atoms with E-state index < -0.39 is 6.04 Å². The molecule has 2 N–H and O–H groups in total. The normalized spacial score (nSPS) is 11.7. The van der Waals surface area contributed by atoms with Gasteiger partial charge in [-0.15, -0.1) is 0 Å². The molecule has 126 valence electrons. The minimum atomic E-state index is -0.554. The highest BCUT2D eigenvalue weighted by Crippen LogP contribution is 2.20. The smallest absolute Gasteiger partial charge is 0.392 e. The predicted molar refractivity (Wildman–Crippen MR) is 97.9 cm³/mol. The van der Waals surface area contributed by atoms with Crippen molar-refractivity contribution < 1.29 is 14.2 Å². The molecule has 0 heterocycles. The number of carbonyl (C=O) groups excluding carboxylic acids is 1. The van der Waals surface area contributed by atoms with Crippen molar-refractivity contribution in [1.29, 1.82) is 0 Å². The average Bonchev–Trinajstić information content (AvgIpc) is 2.57. The van der Waals surface area contributed by atoms with Gasteiger partial charge in [0.1, 0.15) is 17.5 Å². The number of nitrogens with two attached hydrogens (primary N) is 1. The van der Waals surface area contributed by atoms with Crippen molar-refractivity contribution in [3.8, 4) is 11.5 Å². The zero-order valence-electron chi connectivity index (χ0n) is 14.5. The number of rotatable bonds is 7. The van der Waals surface area contributed by atoms with Crippen molar-refractivity contribution in [2.75, 3.05) is 0 Å². The summed E-state index contributed by atoms with van der Waals surface area (Å²) < 4.78 is 11.2. The third kappa shape index (κ3) is 5.13. The van der Waals surface area contributed by atoms with Gasteiger partial charge in [-0.25, -0.2) is 0 Å². The molecule has 0 aliphatic carbocycles. The highest BCUT2D eigenvalue weighted by Gasteiger charge is 2.21. The molecule has 0 fully saturated rings. The molecule has 5 heteroatoms. The lowest BCUT2D eigenvalue weighted by Gasteiger charge is -2.15. The van der Waals surface area contributed by atoms with Gasteiger partial charge >= 0.3 is 12.9 Å². The van der Waals surface area contributed by atoms with E-state index in [1.807, 2.05) is 69.2 Å². The predicted octanol–water partition coefficient (Wildman–Crippen LogP) is 3.29. The van der Waals surface area contributed by atoms with Gasteiger partial charge in [-0.2, -0.15) is 0 Å². The molecule has 0 aromatic heterocycles. The SMILES string of the molecule is CCCC(N)C(=O)OB(C)c1ccc(Oc2ccc(C)cc2)cc1. The van der Waals surface area contributed by atoms with E-state index in [1.165, 1.54) is 5.56 Å². The molecule has 0 aliphatic rings. The van der Waals surface area contributed by atoms with Gasteiger partial charge in [0.2, 0.25) is 0 Å². The molecular weight excluding hydrogens is 301 g/mol. The van der Waals surface area contributed by atoms with E-state index in [9.17, 15) is 4.79 Å². The Kier molecular flexibility index (Phi) is 6.44. The average molecular weight is 325 g/mol. The van der Waals surface area contributed by atoms with Crippen LogP contribution in [-0.2, 0) is 9.45 Å². The number of hydrogen-bond donors (Lipinski definition) is 1. The molecule has 2 rings (SSSR count). The standard InChI is InChI=1S/C19H24BNO3/c1-4-5-18(21)19(22)24-20(3)15-8-12-17(13-9-15)23-16-10-6-14(2)7-11-16/h6-13,18H,4-5,21H2,1-3H3. The highest BCUT2D eigenvalue weighted by molar-refractivity contribution is 6.67. The Balaban J connectivity index is 1.95. The molecule has 0 amide bonds. The van der Waals surface area contributed by atoms with Crippen LogP contribution < -0.4 is 15.9 Å². The third-order valence-corrected chi connectivity index (χ3v) is 3.80. The Hall–Kier alpha value is -2.27. The largest absolute Gasteiger partial charge is 0.530 e. The Labute approximate surface area is 144 Å². The fourth-order valence-electron chi connectivity index (χ4n) is 2.31. The summed E-state index contributed by atoms with van der Waals surface area (Å²) in [5, 5.41) is 0. The van der Waals surface area contributed by atoms with Gasteiger partial charge in [-0.1, -0.05) is 43.2 Å². The summed E-state index contributed by atoms with van der Waals surface area (Å²) in [5.74, 6) is 1.17. The van der Waals surface area contributed by atoms with E-state index in [2.05, 4.69) is 0 Å². The van der Waals surface area contributed by atoms with Gasteiger partial charge in [0.25, 0.3) is 0 Å². The van der Waals surface area contributed by atoms with E-state index in [-0.39, 0.29) is 12.9 Å². The highest BCUT2D eigenvalue weighted by atomic mass is 16.5. The van der Waals surface area contributed by atoms with Gasteiger partial charge in [0.05, 0.1) is 0 Å². The fraction of sp³-hybridized carbons (Fsp3) is 0.316. The molecule has 0 saturated heterocycles. The maximum Gasteiger partial charge on any atom is 0.392 e. The Morgan fingerprint density at radius 1 is 1.08 bits per heavy atom. The fourth-order valence-corrected chi connectivity index (χ4v) is 2.31. The minimum Gasteiger partial charge on any atom is -0.530 e. The molecule has 2 aromatic rings. The van der Waals surface area contributed by atoms with Gasteiger partial charge in [0, 0.05) is 0 Å². The summed E-state index contributed by atoms with van der Waals surface area (Å²) in [7, 11) is 0. The van der Waals surface area contributed by atoms with Crippen LogP contribution in [0.15, 0.2) is 48.5 Å². The lowest BCUT2D eigenvalue weighted by Crippen LogP contribution is -2.40. The summed E-state index contributed by atoms with van der Waals surface area (Å²) in [6, 6.07) is 14.8. The van der Waals surface area contributed by atoms with Gasteiger partial charge in [0.15, 0.2) is 0 Å². The molecule has 0 spiro atoms. The van der Waals surface area contributed by atoms with E-state index >= 15 is 0 Å². The lowest BCUT2D eigenvalue weighted by atomic mass is 9.63. The van der Waals surface area contributed by atoms with Crippen LogP contribution in [0.1, 0.15) is 25.3 Å². The topological polar surface area (TPSA) is 61.6 Å². The number of hydrogen-bond acceptors (Lipinski definition) is 4. The summed E-state index contributed by atoms with van der Waals surface area (Å²) in [6.07, 6.45) is 1.49. The van der Waals surface area contributed by atoms with E-state index in [4.69, 9.17) is 15.1 Å². The second-order valence-electron chi connectivity index (χ2n) is 5.96. The molecule has 0 bridgehead atoms. The van der Waals surface area contributed by atoms with Crippen molar-refractivity contribution in [2.45, 2.75) is 39.6 Å². The summed E-state index contributed by atoms with van der Waals surface area (Å²) >= 11 is 0. The van der Waals surface area contributed by atoms with Crippen molar-refractivity contribution in [3.63, 3.8) is 0 Å². The zero-order valence-corrected chi connectivity index (χ0v) is 14.5. The molecular formula is C19H24BNO3. The van der Waals surface area contributed by atoms with E-state index in [0.717, 1.165) is 23.4 Å². The monoisotopic (exact) mass is 325 g/mol. The van der Waals surface area contributed by atoms with Crippen LogP contribution in [0, 0.1) is 6.92 Å². The molecule has 0 aliphatic heterocycles. The molecule has 2 aromatic carbocycles. The van der Waals surface area contributed by atoms with Crippen LogP contribution >= 0.6 is 0 Å². The molecule has 1 atom stereocenters. The first kappa shape index (κ1) is 18.1. The van der Waals surface area contributed by atoms with Crippen LogP contribution in [0.3, 0.4) is 0 Å². The van der Waals surface area contributed by atoms with Crippen LogP contribution in [0.25, 0.3) is 0 Å². The molecule has 4 nitrogen and oxygen atoms in total. The first-order valence-corrected chi connectivity index (χ1v) is 8.30. The summed E-state index contributed by atoms with van der Waals surface area (Å²) in [6.45, 7) is 5.53. The number of benzene rings is 2. The van der Waals surface area contributed by atoms with Crippen molar-refractivity contribution in [1.82, 2.24) is 0 Å². The third-order valence-electron chi connectivity index (χ3n) is 3.80. The van der Waals surface area contributed by atoms with Crippen LogP contribution in [0.2, 0.25) is 6.82 Å².